The molecule has 0 unspecified atom stereocenters. The van der Waals surface area contributed by atoms with Crippen molar-refractivity contribution in [2.45, 2.75) is 0 Å². The number of pyridine rings is 2. The Balaban J connectivity index is 2.33. The smallest absolute Gasteiger partial charge is 0.148 e. The first kappa shape index (κ1) is 12.7. The SMILES string of the molecule is Clc1cc(Cl)c(-c2cccc3cnccc23)nc1Cl. The number of halogens is 3. The van der Waals surface area contributed by atoms with Gasteiger partial charge in [-0.15, -0.1) is 0 Å². The van der Waals surface area contributed by atoms with Gasteiger partial charge in [-0.2, -0.15) is 0 Å². The topological polar surface area (TPSA) is 25.8 Å². The number of hydrogen-bond donors (Lipinski definition) is 0. The van der Waals surface area contributed by atoms with Gasteiger partial charge in [-0.3, -0.25) is 4.98 Å². The van der Waals surface area contributed by atoms with Crippen molar-refractivity contribution in [2.24, 2.45) is 0 Å². The summed E-state index contributed by atoms with van der Waals surface area (Å²) in [5.41, 5.74) is 1.52. The maximum absolute atomic E-state index is 6.22. The van der Waals surface area contributed by atoms with Crippen LogP contribution in [0.5, 0.6) is 0 Å². The molecule has 0 saturated carbocycles. The van der Waals surface area contributed by atoms with Gasteiger partial charge < -0.3 is 0 Å². The van der Waals surface area contributed by atoms with Crippen molar-refractivity contribution < 1.29 is 0 Å². The number of fused-ring (bicyclic) bond motifs is 1. The minimum absolute atomic E-state index is 0.243. The molecule has 0 bridgehead atoms. The standard InChI is InChI=1S/C14H7Cl3N2/c15-11-6-12(16)14(17)19-13(11)10-3-1-2-8-7-18-5-4-9(8)10/h1-7H. The molecule has 0 aliphatic rings. The number of nitrogens with zero attached hydrogens (tertiary/aromatic N) is 2. The van der Waals surface area contributed by atoms with E-state index in [0.29, 0.717) is 15.7 Å². The Kier molecular flexibility index (Phi) is 3.31. The summed E-state index contributed by atoms with van der Waals surface area (Å²) in [4.78, 5) is 8.37. The van der Waals surface area contributed by atoms with E-state index in [-0.39, 0.29) is 5.15 Å². The van der Waals surface area contributed by atoms with E-state index in [9.17, 15) is 0 Å². The second-order valence-electron chi connectivity index (χ2n) is 3.99. The molecule has 0 atom stereocenters. The first-order chi connectivity index (χ1) is 9.16. The summed E-state index contributed by atoms with van der Waals surface area (Å²) in [5, 5.41) is 3.09. The predicted molar refractivity (Wildman–Crippen MR) is 80.0 cm³/mol. The number of hydrogen-bond acceptors (Lipinski definition) is 2. The summed E-state index contributed by atoms with van der Waals surface area (Å²) < 4.78 is 0. The summed E-state index contributed by atoms with van der Waals surface area (Å²) in [7, 11) is 0. The van der Waals surface area contributed by atoms with E-state index >= 15 is 0 Å². The van der Waals surface area contributed by atoms with E-state index in [0.717, 1.165) is 16.3 Å². The van der Waals surface area contributed by atoms with Crippen molar-refractivity contribution in [2.75, 3.05) is 0 Å². The van der Waals surface area contributed by atoms with E-state index in [4.69, 9.17) is 34.8 Å². The van der Waals surface area contributed by atoms with E-state index in [1.54, 1.807) is 18.5 Å². The Labute approximate surface area is 125 Å². The van der Waals surface area contributed by atoms with Crippen LogP contribution in [0.3, 0.4) is 0 Å². The molecule has 5 heteroatoms. The fraction of sp³-hybridized carbons (Fsp3) is 0. The zero-order valence-electron chi connectivity index (χ0n) is 9.57. The first-order valence-electron chi connectivity index (χ1n) is 5.51. The maximum Gasteiger partial charge on any atom is 0.148 e. The molecule has 2 aromatic heterocycles. The van der Waals surface area contributed by atoms with Gasteiger partial charge in [-0.05, 0) is 17.5 Å². The van der Waals surface area contributed by atoms with Gasteiger partial charge in [0.25, 0.3) is 0 Å². The Morgan fingerprint density at radius 2 is 1.79 bits per heavy atom. The average Bonchev–Trinajstić information content (AvgIpc) is 2.42. The van der Waals surface area contributed by atoms with Crippen LogP contribution in [0.2, 0.25) is 15.2 Å². The summed E-state index contributed by atoms with van der Waals surface area (Å²) in [6, 6.07) is 9.39. The molecule has 0 aliphatic carbocycles. The fourth-order valence-corrected chi connectivity index (χ4v) is 2.56. The van der Waals surface area contributed by atoms with Crippen LogP contribution in [-0.2, 0) is 0 Å². The third-order valence-corrected chi connectivity index (χ3v) is 3.78. The lowest BCUT2D eigenvalue weighted by Crippen LogP contribution is -1.89. The van der Waals surface area contributed by atoms with Crippen molar-refractivity contribution in [3.63, 3.8) is 0 Å². The van der Waals surface area contributed by atoms with Gasteiger partial charge in [-0.1, -0.05) is 53.0 Å². The lowest BCUT2D eigenvalue weighted by Gasteiger charge is -2.08. The Morgan fingerprint density at radius 3 is 2.63 bits per heavy atom. The summed E-state index contributed by atoms with van der Waals surface area (Å²) in [6.07, 6.45) is 3.53. The zero-order chi connectivity index (χ0) is 13.4. The van der Waals surface area contributed by atoms with Crippen LogP contribution >= 0.6 is 34.8 Å². The summed E-state index contributed by atoms with van der Waals surface area (Å²) in [6.45, 7) is 0. The normalized spacial score (nSPS) is 10.9. The Hall–Kier alpha value is -1.35. The lowest BCUT2D eigenvalue weighted by molar-refractivity contribution is 1.32. The van der Waals surface area contributed by atoms with Gasteiger partial charge in [0, 0.05) is 23.3 Å². The summed E-state index contributed by atoms with van der Waals surface area (Å²) >= 11 is 18.1. The van der Waals surface area contributed by atoms with E-state index in [1.807, 2.05) is 24.3 Å². The van der Waals surface area contributed by atoms with Crippen molar-refractivity contribution in [3.05, 3.63) is 57.9 Å². The molecule has 2 nitrogen and oxygen atoms in total. The van der Waals surface area contributed by atoms with Crippen molar-refractivity contribution >= 4 is 45.6 Å². The van der Waals surface area contributed by atoms with E-state index in [2.05, 4.69) is 9.97 Å². The van der Waals surface area contributed by atoms with Gasteiger partial charge in [0.15, 0.2) is 0 Å². The van der Waals surface area contributed by atoms with E-state index < -0.39 is 0 Å². The molecule has 1 aromatic carbocycles. The van der Waals surface area contributed by atoms with Gasteiger partial charge >= 0.3 is 0 Å². The Bertz CT molecular complexity index is 766. The second kappa shape index (κ2) is 4.97. The monoisotopic (exact) mass is 308 g/mol. The minimum atomic E-state index is 0.243. The van der Waals surface area contributed by atoms with Crippen molar-refractivity contribution in [1.82, 2.24) is 9.97 Å². The molecule has 0 fully saturated rings. The fourth-order valence-electron chi connectivity index (χ4n) is 1.96. The largest absolute Gasteiger partial charge is 0.264 e. The molecule has 19 heavy (non-hydrogen) atoms. The molecular weight excluding hydrogens is 303 g/mol. The van der Waals surface area contributed by atoms with Crippen molar-refractivity contribution in [1.29, 1.82) is 0 Å². The molecule has 0 radical (unpaired) electrons. The highest BCUT2D eigenvalue weighted by Gasteiger charge is 2.12. The molecule has 2 heterocycles. The number of rotatable bonds is 1. The predicted octanol–water partition coefficient (Wildman–Crippen LogP) is 5.26. The van der Waals surface area contributed by atoms with Crippen LogP contribution in [0, 0.1) is 0 Å². The molecule has 0 aliphatic heterocycles. The van der Waals surface area contributed by atoms with Gasteiger partial charge in [-0.25, -0.2) is 4.98 Å². The van der Waals surface area contributed by atoms with Crippen LogP contribution in [0.1, 0.15) is 0 Å². The number of aromatic nitrogens is 2. The second-order valence-corrected chi connectivity index (χ2v) is 5.17. The molecule has 94 valence electrons. The number of benzene rings is 1. The average molecular weight is 310 g/mol. The lowest BCUT2D eigenvalue weighted by atomic mass is 10.0. The third kappa shape index (κ3) is 2.27. The van der Waals surface area contributed by atoms with Crippen molar-refractivity contribution in [3.8, 4) is 11.3 Å². The third-order valence-electron chi connectivity index (χ3n) is 2.82. The minimum Gasteiger partial charge on any atom is -0.264 e. The van der Waals surface area contributed by atoms with Crippen LogP contribution in [0.4, 0.5) is 0 Å². The molecule has 0 amide bonds. The Morgan fingerprint density at radius 1 is 0.947 bits per heavy atom. The van der Waals surface area contributed by atoms with Crippen LogP contribution in [0.15, 0.2) is 42.7 Å². The molecule has 0 N–H and O–H groups in total. The highest BCUT2D eigenvalue weighted by atomic mass is 35.5. The quantitative estimate of drug-likeness (QED) is 0.573. The highest BCUT2D eigenvalue weighted by molar-refractivity contribution is 6.43. The van der Waals surface area contributed by atoms with Gasteiger partial charge in [0.1, 0.15) is 5.15 Å². The maximum atomic E-state index is 6.22. The summed E-state index contributed by atoms with van der Waals surface area (Å²) in [5.74, 6) is 0. The highest BCUT2D eigenvalue weighted by Crippen LogP contribution is 2.35. The van der Waals surface area contributed by atoms with Gasteiger partial charge in [0.05, 0.1) is 15.7 Å². The molecule has 3 aromatic rings. The molecule has 0 saturated heterocycles. The van der Waals surface area contributed by atoms with Crippen LogP contribution < -0.4 is 0 Å². The van der Waals surface area contributed by atoms with Crippen LogP contribution in [-0.4, -0.2) is 9.97 Å². The molecular formula is C14H7Cl3N2. The zero-order valence-corrected chi connectivity index (χ0v) is 11.8. The molecule has 3 rings (SSSR count). The first-order valence-corrected chi connectivity index (χ1v) is 6.65. The van der Waals surface area contributed by atoms with E-state index in [1.165, 1.54) is 0 Å². The van der Waals surface area contributed by atoms with Gasteiger partial charge in [0.2, 0.25) is 0 Å². The molecule has 0 spiro atoms. The van der Waals surface area contributed by atoms with Crippen LogP contribution in [0.25, 0.3) is 22.0 Å².